The molecule has 4 rings (SSSR count). The third-order valence-corrected chi connectivity index (χ3v) is 6.47. The molecule has 2 aromatic rings. The summed E-state index contributed by atoms with van der Waals surface area (Å²) in [7, 11) is 0. The topological polar surface area (TPSA) is 97.5 Å². The van der Waals surface area contributed by atoms with E-state index in [-0.39, 0.29) is 34.8 Å². The zero-order valence-corrected chi connectivity index (χ0v) is 18.7. The van der Waals surface area contributed by atoms with Gasteiger partial charge in [-0.3, -0.25) is 9.59 Å². The minimum atomic E-state index is -1.18. The monoisotopic (exact) mass is 460 g/mol. The van der Waals surface area contributed by atoms with Crippen LogP contribution < -0.4 is 20.7 Å². The Hall–Kier alpha value is -2.87. The lowest BCUT2D eigenvalue weighted by atomic mass is 9.96. The van der Waals surface area contributed by atoms with Crippen LogP contribution >= 0.6 is 11.6 Å². The van der Waals surface area contributed by atoms with Crippen molar-refractivity contribution in [3.05, 3.63) is 52.9 Å². The van der Waals surface area contributed by atoms with Crippen LogP contribution in [0.1, 0.15) is 49.9 Å². The highest BCUT2D eigenvalue weighted by molar-refractivity contribution is 6.32. The number of hydrogen-bond acceptors (Lipinski definition) is 5. The fraction of sp³-hybridized carbons (Fsp3) is 0.435. The Morgan fingerprint density at radius 1 is 1.22 bits per heavy atom. The second-order valence-corrected chi connectivity index (χ2v) is 9.30. The molecule has 7 nitrogen and oxygen atoms in total. The van der Waals surface area contributed by atoms with E-state index in [4.69, 9.17) is 22.1 Å². The molecule has 2 aliphatic heterocycles. The van der Waals surface area contributed by atoms with Crippen LogP contribution in [0.25, 0.3) is 0 Å². The number of amides is 2. The van der Waals surface area contributed by atoms with Crippen LogP contribution in [0.4, 0.5) is 10.2 Å². The van der Waals surface area contributed by atoms with Gasteiger partial charge in [-0.15, -0.1) is 0 Å². The number of fused-ring (bicyclic) bond motifs is 2. The van der Waals surface area contributed by atoms with E-state index in [1.807, 2.05) is 6.07 Å². The molecule has 3 heterocycles. The summed E-state index contributed by atoms with van der Waals surface area (Å²) in [5.74, 6) is -0.138. The third kappa shape index (κ3) is 4.50. The number of aromatic nitrogens is 1. The SMILES string of the molecule is CC(C)(Oc1ccc(F)cc1Cl)C(=O)N[C@H]1C[C@H]2CC[C@@H](C1)N2c1ccc(C(N)=O)cn1. The first kappa shape index (κ1) is 22.3. The number of rotatable bonds is 6. The average molecular weight is 461 g/mol. The normalized spacial score (nSPS) is 22.5. The van der Waals surface area contributed by atoms with Crippen LogP contribution in [0.5, 0.6) is 5.75 Å². The van der Waals surface area contributed by atoms with Gasteiger partial charge in [-0.2, -0.15) is 0 Å². The number of carbonyl (C=O) groups is 2. The highest BCUT2D eigenvalue weighted by atomic mass is 35.5. The van der Waals surface area contributed by atoms with Gasteiger partial charge in [0.15, 0.2) is 5.60 Å². The van der Waals surface area contributed by atoms with E-state index < -0.39 is 17.3 Å². The second kappa shape index (κ2) is 8.58. The highest BCUT2D eigenvalue weighted by Gasteiger charge is 2.43. The molecule has 2 aliphatic rings. The molecule has 3 N–H and O–H groups in total. The number of primary amides is 1. The van der Waals surface area contributed by atoms with E-state index in [0.717, 1.165) is 37.6 Å². The van der Waals surface area contributed by atoms with Crippen LogP contribution in [-0.4, -0.2) is 40.5 Å². The molecule has 2 amide bonds. The van der Waals surface area contributed by atoms with Crippen molar-refractivity contribution in [2.24, 2.45) is 5.73 Å². The Kier molecular flexibility index (Phi) is 5.99. The fourth-order valence-electron chi connectivity index (χ4n) is 4.59. The first-order valence-electron chi connectivity index (χ1n) is 10.6. The van der Waals surface area contributed by atoms with Gasteiger partial charge in [-0.05, 0) is 69.9 Å². The molecule has 2 saturated heterocycles. The van der Waals surface area contributed by atoms with Gasteiger partial charge in [-0.1, -0.05) is 11.6 Å². The maximum atomic E-state index is 13.3. The number of nitrogens with zero attached hydrogens (tertiary/aromatic N) is 2. The van der Waals surface area contributed by atoms with Crippen molar-refractivity contribution in [2.45, 2.75) is 63.3 Å². The summed E-state index contributed by atoms with van der Waals surface area (Å²) in [5.41, 5.74) is 4.51. The molecule has 32 heavy (non-hydrogen) atoms. The Labute approximate surface area is 191 Å². The van der Waals surface area contributed by atoms with Crippen LogP contribution in [0, 0.1) is 5.82 Å². The number of ether oxygens (including phenoxy) is 1. The van der Waals surface area contributed by atoms with E-state index in [2.05, 4.69) is 15.2 Å². The summed E-state index contributed by atoms with van der Waals surface area (Å²) in [4.78, 5) is 31.0. The number of halogens is 2. The predicted octanol–water partition coefficient (Wildman–Crippen LogP) is 3.45. The van der Waals surface area contributed by atoms with Crippen molar-refractivity contribution in [1.29, 1.82) is 0 Å². The van der Waals surface area contributed by atoms with Gasteiger partial charge < -0.3 is 20.7 Å². The van der Waals surface area contributed by atoms with Gasteiger partial charge in [0.2, 0.25) is 5.91 Å². The lowest BCUT2D eigenvalue weighted by molar-refractivity contribution is -0.135. The number of nitrogens with one attached hydrogen (secondary N) is 1. The number of benzene rings is 1. The third-order valence-electron chi connectivity index (χ3n) is 6.17. The molecule has 0 unspecified atom stereocenters. The number of nitrogens with two attached hydrogens (primary N) is 1. The van der Waals surface area contributed by atoms with Crippen molar-refractivity contribution < 1.29 is 18.7 Å². The number of anilines is 1. The molecule has 2 fully saturated rings. The molecule has 0 saturated carbocycles. The largest absolute Gasteiger partial charge is 0.476 e. The van der Waals surface area contributed by atoms with E-state index in [1.165, 1.54) is 18.3 Å². The van der Waals surface area contributed by atoms with Gasteiger partial charge in [0.1, 0.15) is 17.4 Å². The zero-order chi connectivity index (χ0) is 23.0. The number of carbonyl (C=O) groups excluding carboxylic acids is 2. The summed E-state index contributed by atoms with van der Waals surface area (Å²) in [6, 6.07) is 7.85. The Morgan fingerprint density at radius 2 is 1.91 bits per heavy atom. The number of pyridine rings is 1. The van der Waals surface area contributed by atoms with E-state index in [1.54, 1.807) is 19.9 Å². The van der Waals surface area contributed by atoms with Gasteiger partial charge >= 0.3 is 0 Å². The molecule has 170 valence electrons. The van der Waals surface area contributed by atoms with Crippen LogP contribution in [0.2, 0.25) is 5.02 Å². The molecule has 0 spiro atoms. The Bertz CT molecular complexity index is 1020. The Balaban J connectivity index is 1.40. The van der Waals surface area contributed by atoms with E-state index >= 15 is 0 Å². The highest BCUT2D eigenvalue weighted by Crippen LogP contribution is 2.39. The lowest BCUT2D eigenvalue weighted by Gasteiger charge is -2.40. The first-order valence-corrected chi connectivity index (χ1v) is 11.0. The van der Waals surface area contributed by atoms with E-state index in [9.17, 15) is 14.0 Å². The Morgan fingerprint density at radius 3 is 2.47 bits per heavy atom. The molecule has 3 atom stereocenters. The molecular weight excluding hydrogens is 435 g/mol. The molecule has 9 heteroatoms. The zero-order valence-electron chi connectivity index (χ0n) is 18.0. The number of hydrogen-bond donors (Lipinski definition) is 2. The van der Waals surface area contributed by atoms with Gasteiger partial charge in [0.25, 0.3) is 5.91 Å². The molecule has 0 radical (unpaired) electrons. The first-order chi connectivity index (χ1) is 15.1. The smallest absolute Gasteiger partial charge is 0.263 e. The van der Waals surface area contributed by atoms with Gasteiger partial charge in [-0.25, -0.2) is 9.37 Å². The van der Waals surface area contributed by atoms with Gasteiger partial charge in [0.05, 0.1) is 10.6 Å². The van der Waals surface area contributed by atoms with Gasteiger partial charge in [0, 0.05) is 24.3 Å². The van der Waals surface area contributed by atoms with Crippen molar-refractivity contribution in [2.75, 3.05) is 4.90 Å². The summed E-state index contributed by atoms with van der Waals surface area (Å²) in [5, 5.41) is 3.24. The summed E-state index contributed by atoms with van der Waals surface area (Å²) in [6.07, 6.45) is 5.11. The second-order valence-electron chi connectivity index (χ2n) is 8.89. The fourth-order valence-corrected chi connectivity index (χ4v) is 4.80. The molecule has 0 aliphatic carbocycles. The van der Waals surface area contributed by atoms with Crippen molar-refractivity contribution in [3.63, 3.8) is 0 Å². The quantitative estimate of drug-likeness (QED) is 0.688. The lowest BCUT2D eigenvalue weighted by Crippen LogP contribution is -2.55. The maximum absolute atomic E-state index is 13.3. The van der Waals surface area contributed by atoms with Crippen molar-refractivity contribution in [1.82, 2.24) is 10.3 Å². The molecule has 1 aromatic heterocycles. The summed E-state index contributed by atoms with van der Waals surface area (Å²) in [6.45, 7) is 3.33. The molecule has 1 aromatic carbocycles. The predicted molar refractivity (Wildman–Crippen MR) is 119 cm³/mol. The molecule has 2 bridgehead atoms. The van der Waals surface area contributed by atoms with Crippen molar-refractivity contribution >= 4 is 29.2 Å². The number of piperidine rings is 1. The maximum Gasteiger partial charge on any atom is 0.263 e. The average Bonchev–Trinajstić information content (AvgIpc) is 3.00. The summed E-state index contributed by atoms with van der Waals surface area (Å²) < 4.78 is 19.1. The standard InChI is InChI=1S/C23H26ClFN4O3/c1-23(2,32-19-7-4-14(25)9-18(19)24)22(31)28-15-10-16-5-6-17(11-15)29(16)20-8-3-13(12-27-20)21(26)30/h3-4,7-9,12,15-17H,5-6,10-11H2,1-2H3,(H2,26,30)(H,28,31)/t15-,16+,17-. The van der Waals surface area contributed by atoms with Crippen molar-refractivity contribution in [3.8, 4) is 5.75 Å². The van der Waals surface area contributed by atoms with Crippen LogP contribution in [-0.2, 0) is 4.79 Å². The minimum Gasteiger partial charge on any atom is -0.476 e. The minimum absolute atomic E-state index is 0.00714. The van der Waals surface area contributed by atoms with Crippen LogP contribution in [0.3, 0.4) is 0 Å². The van der Waals surface area contributed by atoms with Crippen LogP contribution in [0.15, 0.2) is 36.5 Å². The summed E-state index contributed by atoms with van der Waals surface area (Å²) >= 11 is 6.05. The van der Waals surface area contributed by atoms with E-state index in [0.29, 0.717) is 5.56 Å². The molecular formula is C23H26ClFN4O3.